The molecule has 1 amide bonds. The van der Waals surface area contributed by atoms with Gasteiger partial charge in [0.15, 0.2) is 11.5 Å². The largest absolute Gasteiger partial charge is 0.493 e. The van der Waals surface area contributed by atoms with Gasteiger partial charge in [-0.15, -0.1) is 11.3 Å². The lowest BCUT2D eigenvalue weighted by Gasteiger charge is -2.35. The molecule has 1 aliphatic heterocycles. The van der Waals surface area contributed by atoms with Gasteiger partial charge >= 0.3 is 0 Å². The first-order valence-electron chi connectivity index (χ1n) is 15.4. The van der Waals surface area contributed by atoms with Crippen LogP contribution in [0.1, 0.15) is 53.0 Å². The normalized spacial score (nSPS) is 13.8. The number of carbonyl (C=O) groups is 1. The number of aromatic nitrogens is 1. The number of nitrogens with zero attached hydrogens (tertiary/aromatic N) is 4. The predicted octanol–water partition coefficient (Wildman–Crippen LogP) is 7.32. The van der Waals surface area contributed by atoms with E-state index in [4.69, 9.17) is 26.1 Å². The number of thiazole rings is 1. The van der Waals surface area contributed by atoms with E-state index in [-0.39, 0.29) is 11.3 Å². The second-order valence-electron chi connectivity index (χ2n) is 12.5. The number of carbonyl (C=O) groups excluding carboxylic acids is 1. The summed E-state index contributed by atoms with van der Waals surface area (Å²) in [7, 11) is 3.31. The zero-order valence-corrected chi connectivity index (χ0v) is 28.5. The van der Waals surface area contributed by atoms with Crippen molar-refractivity contribution in [2.45, 2.75) is 45.7 Å². The number of amides is 1. The summed E-state index contributed by atoms with van der Waals surface area (Å²) in [6.07, 6.45) is 0.842. The van der Waals surface area contributed by atoms with Crippen LogP contribution in [0.2, 0.25) is 5.02 Å². The number of methoxy groups -OCH3 is 2. The Balaban J connectivity index is 1.25. The van der Waals surface area contributed by atoms with Gasteiger partial charge in [0.25, 0.3) is 5.91 Å². The first kappa shape index (κ1) is 32.8. The third-order valence-electron chi connectivity index (χ3n) is 8.26. The predicted molar refractivity (Wildman–Crippen MR) is 184 cm³/mol. The van der Waals surface area contributed by atoms with E-state index in [9.17, 15) is 4.79 Å². The summed E-state index contributed by atoms with van der Waals surface area (Å²) in [5.41, 5.74) is 5.47. The van der Waals surface area contributed by atoms with Crippen LogP contribution >= 0.6 is 22.9 Å². The third-order valence-corrected chi connectivity index (χ3v) is 9.33. The van der Waals surface area contributed by atoms with Gasteiger partial charge in [0, 0.05) is 55.4 Å². The highest BCUT2D eigenvalue weighted by Crippen LogP contribution is 2.28. The SMILES string of the molecule is COc1ccc(CCN(Cc2ccc(C(C)(C)C)cc2)Cc2nc(C(=O)N3CCN(c4cccc(Cl)c4)CC3)cs2)cc1OC. The van der Waals surface area contributed by atoms with Crippen molar-refractivity contribution in [3.63, 3.8) is 0 Å². The molecule has 0 unspecified atom stereocenters. The van der Waals surface area contributed by atoms with Gasteiger partial charge in [-0.1, -0.05) is 68.8 Å². The highest BCUT2D eigenvalue weighted by Gasteiger charge is 2.25. The Hall–Kier alpha value is -3.59. The molecule has 0 atom stereocenters. The van der Waals surface area contributed by atoms with Crippen LogP contribution in [-0.2, 0) is 24.9 Å². The number of hydrogen-bond donors (Lipinski definition) is 0. The minimum absolute atomic E-state index is 0.00195. The highest BCUT2D eigenvalue weighted by atomic mass is 35.5. The molecule has 7 nitrogen and oxygen atoms in total. The Morgan fingerprint density at radius 2 is 1.62 bits per heavy atom. The Morgan fingerprint density at radius 1 is 0.911 bits per heavy atom. The van der Waals surface area contributed by atoms with E-state index >= 15 is 0 Å². The van der Waals surface area contributed by atoms with Gasteiger partial charge in [-0.2, -0.15) is 0 Å². The highest BCUT2D eigenvalue weighted by molar-refractivity contribution is 7.09. The maximum absolute atomic E-state index is 13.4. The summed E-state index contributed by atoms with van der Waals surface area (Å²) in [5, 5.41) is 3.57. The van der Waals surface area contributed by atoms with Gasteiger partial charge in [-0.05, 0) is 58.9 Å². The maximum atomic E-state index is 13.4. The van der Waals surface area contributed by atoms with Crippen molar-refractivity contribution in [2.24, 2.45) is 0 Å². The molecule has 238 valence electrons. The van der Waals surface area contributed by atoms with Crippen molar-refractivity contribution in [1.82, 2.24) is 14.8 Å². The number of rotatable bonds is 11. The van der Waals surface area contributed by atoms with Crippen molar-refractivity contribution in [3.8, 4) is 11.5 Å². The zero-order chi connectivity index (χ0) is 32.0. The van der Waals surface area contributed by atoms with Crippen LogP contribution in [0.4, 0.5) is 5.69 Å². The number of hydrogen-bond acceptors (Lipinski definition) is 7. The van der Waals surface area contributed by atoms with Gasteiger partial charge in [-0.25, -0.2) is 4.98 Å². The number of benzene rings is 3. The fourth-order valence-corrected chi connectivity index (χ4v) is 6.58. The topological polar surface area (TPSA) is 58.1 Å². The van der Waals surface area contributed by atoms with Crippen LogP contribution in [0.5, 0.6) is 11.5 Å². The summed E-state index contributed by atoms with van der Waals surface area (Å²) in [5.74, 6) is 1.46. The van der Waals surface area contributed by atoms with E-state index in [0.717, 1.165) is 59.8 Å². The third kappa shape index (κ3) is 8.57. The van der Waals surface area contributed by atoms with E-state index in [1.807, 2.05) is 40.6 Å². The van der Waals surface area contributed by atoms with Crippen molar-refractivity contribution >= 4 is 34.5 Å². The van der Waals surface area contributed by atoms with Gasteiger partial charge < -0.3 is 19.3 Å². The van der Waals surface area contributed by atoms with Crippen molar-refractivity contribution in [1.29, 1.82) is 0 Å². The Morgan fingerprint density at radius 3 is 2.29 bits per heavy atom. The molecule has 0 bridgehead atoms. The average molecular weight is 647 g/mol. The first-order chi connectivity index (χ1) is 21.6. The van der Waals surface area contributed by atoms with Gasteiger partial charge in [-0.3, -0.25) is 9.69 Å². The van der Waals surface area contributed by atoms with Crippen LogP contribution in [0.3, 0.4) is 0 Å². The molecule has 0 saturated carbocycles. The van der Waals surface area contributed by atoms with E-state index in [1.54, 1.807) is 25.6 Å². The summed E-state index contributed by atoms with van der Waals surface area (Å²) in [4.78, 5) is 24.8. The van der Waals surface area contributed by atoms with Crippen LogP contribution in [0, 0.1) is 0 Å². The smallest absolute Gasteiger partial charge is 0.273 e. The monoisotopic (exact) mass is 646 g/mol. The van der Waals surface area contributed by atoms with Crippen molar-refractivity contribution in [2.75, 3.05) is 51.8 Å². The average Bonchev–Trinajstić information content (AvgIpc) is 3.51. The Labute approximate surface area is 276 Å². The van der Waals surface area contributed by atoms with Gasteiger partial charge in [0.05, 0.1) is 20.8 Å². The Kier molecular flexibility index (Phi) is 10.7. The van der Waals surface area contributed by atoms with Crippen molar-refractivity contribution < 1.29 is 14.3 Å². The molecule has 5 rings (SSSR count). The molecule has 0 spiro atoms. The van der Waals surface area contributed by atoms with Gasteiger partial charge in [0.2, 0.25) is 0 Å². The standard InChI is InChI=1S/C36H43ClN4O3S/c1-36(2,3)28-12-9-27(10-13-28)23-39(16-15-26-11-14-32(43-4)33(21-26)44-5)24-34-38-31(25-45-34)35(42)41-19-17-40(18-20-41)30-8-6-7-29(37)22-30/h6-14,21-22,25H,15-20,23-24H2,1-5H3. The Bertz CT molecular complexity index is 1580. The molecule has 2 heterocycles. The van der Waals surface area contributed by atoms with Crippen LogP contribution in [0.25, 0.3) is 0 Å². The minimum atomic E-state index is -0.00195. The minimum Gasteiger partial charge on any atom is -0.493 e. The molecule has 4 aromatic rings. The number of halogens is 1. The lowest BCUT2D eigenvalue weighted by molar-refractivity contribution is 0.0741. The van der Waals surface area contributed by atoms with E-state index < -0.39 is 0 Å². The second kappa shape index (κ2) is 14.7. The fourth-order valence-electron chi connectivity index (χ4n) is 5.58. The fraction of sp³-hybridized carbons (Fsp3) is 0.389. The van der Waals surface area contributed by atoms with Crippen LogP contribution in [-0.4, -0.2) is 67.6 Å². The molecule has 9 heteroatoms. The molecule has 0 radical (unpaired) electrons. The van der Waals surface area contributed by atoms with Crippen LogP contribution < -0.4 is 14.4 Å². The summed E-state index contributed by atoms with van der Waals surface area (Å²) in [6.45, 7) is 11.8. The molecular weight excluding hydrogens is 604 g/mol. The molecule has 45 heavy (non-hydrogen) atoms. The summed E-state index contributed by atoms with van der Waals surface area (Å²) in [6, 6.07) is 22.9. The molecule has 1 aliphatic rings. The molecule has 3 aromatic carbocycles. The molecule has 1 aromatic heterocycles. The van der Waals surface area contributed by atoms with Gasteiger partial charge in [0.1, 0.15) is 10.7 Å². The summed E-state index contributed by atoms with van der Waals surface area (Å²) >= 11 is 7.75. The van der Waals surface area contributed by atoms with Crippen molar-refractivity contribution in [3.05, 3.63) is 105 Å². The van der Waals surface area contributed by atoms with E-state index in [1.165, 1.54) is 16.7 Å². The van der Waals surface area contributed by atoms with E-state index in [0.29, 0.717) is 25.3 Å². The quantitative estimate of drug-likeness (QED) is 0.170. The van der Waals surface area contributed by atoms with Crippen LogP contribution in [0.15, 0.2) is 72.1 Å². The molecule has 0 aliphatic carbocycles. The van der Waals surface area contributed by atoms with E-state index in [2.05, 4.69) is 67.0 Å². The number of anilines is 1. The lowest BCUT2D eigenvalue weighted by Crippen LogP contribution is -2.48. The molecule has 0 N–H and O–H groups in total. The molecule has 1 fully saturated rings. The lowest BCUT2D eigenvalue weighted by atomic mass is 9.87. The number of ether oxygens (including phenoxy) is 2. The maximum Gasteiger partial charge on any atom is 0.273 e. The first-order valence-corrected chi connectivity index (χ1v) is 16.7. The molecule has 1 saturated heterocycles. The summed E-state index contributed by atoms with van der Waals surface area (Å²) < 4.78 is 11.0. The second-order valence-corrected chi connectivity index (χ2v) is 13.9. The zero-order valence-electron chi connectivity index (χ0n) is 26.9. The number of piperazine rings is 1. The molecular formula is C36H43ClN4O3S.